The van der Waals surface area contributed by atoms with E-state index in [2.05, 4.69) is 5.16 Å². The summed E-state index contributed by atoms with van der Waals surface area (Å²) in [7, 11) is -3.96. The minimum atomic E-state index is -3.96. The van der Waals surface area contributed by atoms with Crippen LogP contribution < -0.4 is 0 Å². The van der Waals surface area contributed by atoms with Crippen molar-refractivity contribution in [2.75, 3.05) is 0 Å². The van der Waals surface area contributed by atoms with E-state index in [4.69, 9.17) is 4.28 Å². The summed E-state index contributed by atoms with van der Waals surface area (Å²) >= 11 is 0. The molecule has 0 bridgehead atoms. The fourth-order valence-corrected chi connectivity index (χ4v) is 2.93. The summed E-state index contributed by atoms with van der Waals surface area (Å²) in [6.07, 6.45) is 0. The van der Waals surface area contributed by atoms with Crippen molar-refractivity contribution in [3.63, 3.8) is 0 Å². The molecule has 0 aliphatic rings. The molecule has 120 valence electrons. The van der Waals surface area contributed by atoms with Crippen molar-refractivity contribution < 1.29 is 12.7 Å². The molecule has 0 aliphatic carbocycles. The molecule has 5 heteroatoms. The molecule has 3 aromatic carbocycles. The van der Waals surface area contributed by atoms with Crippen LogP contribution in [0.25, 0.3) is 0 Å². The molecule has 0 atom stereocenters. The quantitative estimate of drug-likeness (QED) is 0.525. The van der Waals surface area contributed by atoms with Gasteiger partial charge in [-0.25, -0.2) is 0 Å². The van der Waals surface area contributed by atoms with Crippen LogP contribution in [0.3, 0.4) is 0 Å². The van der Waals surface area contributed by atoms with Gasteiger partial charge in [0.1, 0.15) is 10.6 Å². The van der Waals surface area contributed by atoms with Crippen molar-refractivity contribution in [3.8, 4) is 0 Å². The number of nitrogens with zero attached hydrogens (tertiary/aromatic N) is 1. The van der Waals surface area contributed by atoms with Crippen LogP contribution in [0.15, 0.2) is 101 Å². The van der Waals surface area contributed by atoms with E-state index in [1.54, 1.807) is 18.2 Å². The molecule has 4 nitrogen and oxygen atoms in total. The summed E-state index contributed by atoms with van der Waals surface area (Å²) < 4.78 is 29.5. The lowest BCUT2D eigenvalue weighted by molar-refractivity contribution is 0.339. The molecule has 0 spiro atoms. The molecule has 0 saturated heterocycles. The molecule has 0 fully saturated rings. The minimum Gasteiger partial charge on any atom is -0.264 e. The second-order valence-electron chi connectivity index (χ2n) is 5.01. The second-order valence-corrected chi connectivity index (χ2v) is 6.54. The number of oxime groups is 1. The standard InChI is InChI=1S/C19H15NO3S/c21-24(22,18-14-8-3-9-15-18)23-20-19(16-10-4-1-5-11-16)17-12-6-2-7-13-17/h1-15H. The average molecular weight is 337 g/mol. The topological polar surface area (TPSA) is 55.7 Å². The summed E-state index contributed by atoms with van der Waals surface area (Å²) in [5.74, 6) is 0. The van der Waals surface area contributed by atoms with E-state index in [1.165, 1.54) is 12.1 Å². The van der Waals surface area contributed by atoms with Crippen LogP contribution in [-0.4, -0.2) is 14.1 Å². The highest BCUT2D eigenvalue weighted by molar-refractivity contribution is 7.86. The van der Waals surface area contributed by atoms with Crippen LogP contribution in [0.4, 0.5) is 0 Å². The molecule has 24 heavy (non-hydrogen) atoms. The summed E-state index contributed by atoms with van der Waals surface area (Å²) in [5.41, 5.74) is 2.00. The van der Waals surface area contributed by atoms with Crippen molar-refractivity contribution in [3.05, 3.63) is 102 Å². The van der Waals surface area contributed by atoms with Crippen LogP contribution in [0.1, 0.15) is 11.1 Å². The largest absolute Gasteiger partial charge is 0.358 e. The second kappa shape index (κ2) is 7.10. The Morgan fingerprint density at radius 3 is 1.54 bits per heavy atom. The zero-order valence-electron chi connectivity index (χ0n) is 12.7. The molecule has 0 heterocycles. The van der Waals surface area contributed by atoms with E-state index in [0.717, 1.165) is 11.1 Å². The van der Waals surface area contributed by atoms with Crippen molar-refractivity contribution in [2.45, 2.75) is 4.90 Å². The zero-order valence-corrected chi connectivity index (χ0v) is 13.6. The first-order valence-electron chi connectivity index (χ1n) is 7.34. The molecule has 0 aliphatic heterocycles. The first-order chi connectivity index (χ1) is 11.7. The Morgan fingerprint density at radius 2 is 1.08 bits per heavy atom. The van der Waals surface area contributed by atoms with Crippen LogP contribution >= 0.6 is 0 Å². The normalized spacial score (nSPS) is 10.8. The van der Waals surface area contributed by atoms with Crippen LogP contribution in [0, 0.1) is 0 Å². The predicted molar refractivity (Wildman–Crippen MR) is 93.2 cm³/mol. The lowest BCUT2D eigenvalue weighted by Crippen LogP contribution is -2.08. The van der Waals surface area contributed by atoms with Crippen molar-refractivity contribution in [2.24, 2.45) is 5.16 Å². The van der Waals surface area contributed by atoms with Gasteiger partial charge in [0.25, 0.3) is 0 Å². The fraction of sp³-hybridized carbons (Fsp3) is 0. The highest BCUT2D eigenvalue weighted by Gasteiger charge is 2.16. The molecule has 3 aromatic rings. The molecule has 0 N–H and O–H groups in total. The van der Waals surface area contributed by atoms with Crippen LogP contribution in [-0.2, 0) is 14.4 Å². The number of hydrogen-bond donors (Lipinski definition) is 0. The predicted octanol–water partition coefficient (Wildman–Crippen LogP) is 3.84. The molecule has 0 radical (unpaired) electrons. The third kappa shape index (κ3) is 3.70. The van der Waals surface area contributed by atoms with Gasteiger partial charge in [-0.3, -0.25) is 4.28 Å². The van der Waals surface area contributed by atoms with Crippen LogP contribution in [0.2, 0.25) is 0 Å². The maximum Gasteiger partial charge on any atom is 0.358 e. The Kier molecular flexibility index (Phi) is 4.72. The third-order valence-electron chi connectivity index (χ3n) is 3.35. The van der Waals surface area contributed by atoms with Gasteiger partial charge in [-0.05, 0) is 12.1 Å². The Hall–Kier alpha value is -2.92. The first kappa shape index (κ1) is 16.0. The van der Waals surface area contributed by atoms with E-state index in [9.17, 15) is 8.42 Å². The highest BCUT2D eigenvalue weighted by atomic mass is 32.2. The molecule has 3 rings (SSSR count). The summed E-state index contributed by atoms with van der Waals surface area (Å²) in [6.45, 7) is 0. The third-order valence-corrected chi connectivity index (χ3v) is 4.47. The van der Waals surface area contributed by atoms with Crippen molar-refractivity contribution >= 4 is 15.8 Å². The van der Waals surface area contributed by atoms with E-state index < -0.39 is 10.1 Å². The van der Waals surface area contributed by atoms with Gasteiger partial charge in [0.05, 0.1) is 0 Å². The number of hydrogen-bond acceptors (Lipinski definition) is 4. The SMILES string of the molecule is O=S(=O)(ON=C(c1ccccc1)c1ccccc1)c1ccccc1. The van der Waals surface area contributed by atoms with E-state index in [0.29, 0.717) is 5.71 Å². The van der Waals surface area contributed by atoms with Gasteiger partial charge in [-0.1, -0.05) is 84.0 Å². The Morgan fingerprint density at radius 1 is 0.667 bits per heavy atom. The fourth-order valence-electron chi connectivity index (χ4n) is 2.18. The Labute approximate surface area is 141 Å². The molecular weight excluding hydrogens is 322 g/mol. The van der Waals surface area contributed by atoms with Crippen molar-refractivity contribution in [1.29, 1.82) is 0 Å². The lowest BCUT2D eigenvalue weighted by Gasteiger charge is -2.07. The van der Waals surface area contributed by atoms with Gasteiger partial charge in [0.2, 0.25) is 0 Å². The van der Waals surface area contributed by atoms with Gasteiger partial charge >= 0.3 is 10.1 Å². The van der Waals surface area contributed by atoms with Gasteiger partial charge in [-0.2, -0.15) is 8.42 Å². The van der Waals surface area contributed by atoms with E-state index in [1.807, 2.05) is 60.7 Å². The average Bonchev–Trinajstić information content (AvgIpc) is 2.64. The molecule has 0 saturated carbocycles. The molecular formula is C19H15NO3S. The molecule has 0 amide bonds. The maximum atomic E-state index is 12.3. The lowest BCUT2D eigenvalue weighted by atomic mass is 10.0. The van der Waals surface area contributed by atoms with Gasteiger partial charge < -0.3 is 0 Å². The number of rotatable bonds is 5. The summed E-state index contributed by atoms with van der Waals surface area (Å²) in [6, 6.07) is 26.6. The highest BCUT2D eigenvalue weighted by Crippen LogP contribution is 2.15. The van der Waals surface area contributed by atoms with Gasteiger partial charge in [0.15, 0.2) is 0 Å². The minimum absolute atomic E-state index is 0.0641. The number of benzene rings is 3. The Balaban J connectivity index is 1.99. The molecule has 0 aromatic heterocycles. The Bertz CT molecular complexity index is 881. The van der Waals surface area contributed by atoms with Gasteiger partial charge in [0, 0.05) is 11.1 Å². The van der Waals surface area contributed by atoms with Crippen LogP contribution in [0.5, 0.6) is 0 Å². The summed E-state index contributed by atoms with van der Waals surface area (Å²) in [4.78, 5) is 0.0641. The van der Waals surface area contributed by atoms with Crippen molar-refractivity contribution in [1.82, 2.24) is 0 Å². The van der Waals surface area contributed by atoms with Gasteiger partial charge in [-0.15, -0.1) is 0 Å². The first-order valence-corrected chi connectivity index (χ1v) is 8.75. The monoisotopic (exact) mass is 337 g/mol. The smallest absolute Gasteiger partial charge is 0.264 e. The summed E-state index contributed by atoms with van der Waals surface area (Å²) in [5, 5.41) is 3.94. The zero-order chi connectivity index (χ0) is 16.8. The van der Waals surface area contributed by atoms with E-state index in [-0.39, 0.29) is 4.90 Å². The molecule has 0 unspecified atom stereocenters. The maximum absolute atomic E-state index is 12.3. The van der Waals surface area contributed by atoms with E-state index >= 15 is 0 Å².